The second-order valence-corrected chi connectivity index (χ2v) is 7.07. The Morgan fingerprint density at radius 3 is 2.15 bits per heavy atom. The summed E-state index contributed by atoms with van der Waals surface area (Å²) in [7, 11) is -3.97. The van der Waals surface area contributed by atoms with Crippen molar-refractivity contribution in [2.45, 2.75) is 17.4 Å². The Bertz CT molecular complexity index is 864. The molecule has 0 fully saturated rings. The number of ether oxygens (including phenoxy) is 1. The van der Waals surface area contributed by atoms with Crippen molar-refractivity contribution in [3.05, 3.63) is 60.2 Å². The van der Waals surface area contributed by atoms with Gasteiger partial charge in [-0.25, -0.2) is 13.2 Å². The third kappa shape index (κ3) is 5.57. The van der Waals surface area contributed by atoms with Gasteiger partial charge < -0.3 is 14.9 Å². The van der Waals surface area contributed by atoms with Crippen LogP contribution in [0.25, 0.3) is 0 Å². The normalized spacial score (nSPS) is 12.3. The number of benzene rings is 2. The fourth-order valence-electron chi connectivity index (χ4n) is 2.14. The summed E-state index contributed by atoms with van der Waals surface area (Å²) in [6.45, 7) is -0.492. The molecule has 0 bridgehead atoms. The van der Waals surface area contributed by atoms with Crippen LogP contribution in [0.2, 0.25) is 0 Å². The van der Waals surface area contributed by atoms with E-state index in [9.17, 15) is 23.1 Å². The topological polar surface area (TPSA) is 130 Å². The molecular weight excluding hydrogens is 362 g/mol. The van der Waals surface area contributed by atoms with Crippen LogP contribution in [0.4, 0.5) is 0 Å². The summed E-state index contributed by atoms with van der Waals surface area (Å²) >= 11 is 0. The van der Waals surface area contributed by atoms with Gasteiger partial charge in [-0.05, 0) is 36.2 Å². The van der Waals surface area contributed by atoms with E-state index in [4.69, 9.17) is 9.84 Å². The maximum Gasteiger partial charge on any atom is 0.341 e. The molecule has 0 saturated carbocycles. The van der Waals surface area contributed by atoms with Gasteiger partial charge in [-0.15, -0.1) is 0 Å². The standard InChI is InChI=1S/C17H17NO7S/c19-16(20)11-25-13-8-6-12(7-9-13)10-15(17(21)22)18-26(23,24)14-4-2-1-3-5-14/h1-9,15,18H,10-11H2,(H,19,20)(H,21,22). The van der Waals surface area contributed by atoms with Gasteiger partial charge in [-0.3, -0.25) is 4.79 Å². The van der Waals surface area contributed by atoms with Crippen LogP contribution in [0.15, 0.2) is 59.5 Å². The molecule has 0 heterocycles. The van der Waals surface area contributed by atoms with E-state index < -0.39 is 34.6 Å². The van der Waals surface area contributed by atoms with E-state index in [2.05, 4.69) is 4.72 Å². The van der Waals surface area contributed by atoms with Crippen molar-refractivity contribution in [1.29, 1.82) is 0 Å². The second kappa shape index (κ2) is 8.45. The first-order chi connectivity index (χ1) is 12.3. The lowest BCUT2D eigenvalue weighted by molar-refractivity contribution is -0.140. The molecule has 1 atom stereocenters. The molecule has 0 aliphatic rings. The number of sulfonamides is 1. The molecule has 138 valence electrons. The van der Waals surface area contributed by atoms with E-state index >= 15 is 0 Å². The number of hydrogen-bond acceptors (Lipinski definition) is 5. The number of hydrogen-bond donors (Lipinski definition) is 3. The zero-order valence-corrected chi connectivity index (χ0v) is 14.3. The summed E-state index contributed by atoms with van der Waals surface area (Å²) in [6.07, 6.45) is -0.0827. The smallest absolute Gasteiger partial charge is 0.341 e. The van der Waals surface area contributed by atoms with Crippen molar-refractivity contribution in [2.24, 2.45) is 0 Å². The summed E-state index contributed by atoms with van der Waals surface area (Å²) in [5.74, 6) is -2.11. The number of carbonyl (C=O) groups is 2. The number of carboxylic acids is 2. The van der Waals surface area contributed by atoms with E-state index in [1.807, 2.05) is 0 Å². The Labute approximate surface area is 150 Å². The van der Waals surface area contributed by atoms with Crippen LogP contribution in [0.5, 0.6) is 5.75 Å². The van der Waals surface area contributed by atoms with E-state index in [0.29, 0.717) is 11.3 Å². The molecule has 0 amide bonds. The van der Waals surface area contributed by atoms with Gasteiger partial charge in [0, 0.05) is 0 Å². The molecular formula is C17H17NO7S. The van der Waals surface area contributed by atoms with Gasteiger partial charge in [0.05, 0.1) is 4.90 Å². The van der Waals surface area contributed by atoms with Crippen molar-refractivity contribution < 1.29 is 33.0 Å². The third-order valence-corrected chi connectivity index (χ3v) is 4.86. The summed E-state index contributed by atoms with van der Waals surface area (Å²) in [6, 6.07) is 12.2. The fourth-order valence-corrected chi connectivity index (χ4v) is 3.35. The quantitative estimate of drug-likeness (QED) is 0.595. The van der Waals surface area contributed by atoms with Gasteiger partial charge in [0.1, 0.15) is 11.8 Å². The van der Waals surface area contributed by atoms with Crippen LogP contribution in [-0.4, -0.2) is 43.2 Å². The highest BCUT2D eigenvalue weighted by Crippen LogP contribution is 2.15. The van der Waals surface area contributed by atoms with Crippen LogP contribution in [0.3, 0.4) is 0 Å². The largest absolute Gasteiger partial charge is 0.482 e. The molecule has 0 saturated heterocycles. The highest BCUT2D eigenvalue weighted by Gasteiger charge is 2.25. The second-order valence-electron chi connectivity index (χ2n) is 5.36. The summed E-state index contributed by atoms with van der Waals surface area (Å²) < 4.78 is 31.7. The van der Waals surface area contributed by atoms with Crippen molar-refractivity contribution >= 4 is 22.0 Å². The van der Waals surface area contributed by atoms with Gasteiger partial charge in [0.15, 0.2) is 6.61 Å². The minimum atomic E-state index is -3.97. The Morgan fingerprint density at radius 2 is 1.62 bits per heavy atom. The average Bonchev–Trinajstić information content (AvgIpc) is 2.61. The summed E-state index contributed by atoms with van der Waals surface area (Å²) in [5.41, 5.74) is 0.552. The molecule has 1 unspecified atom stereocenters. The average molecular weight is 379 g/mol. The lowest BCUT2D eigenvalue weighted by Crippen LogP contribution is -2.42. The number of nitrogens with one attached hydrogen (secondary N) is 1. The van der Waals surface area contributed by atoms with E-state index in [1.54, 1.807) is 30.3 Å². The molecule has 26 heavy (non-hydrogen) atoms. The molecule has 2 aromatic carbocycles. The highest BCUT2D eigenvalue weighted by molar-refractivity contribution is 7.89. The molecule has 0 aromatic heterocycles. The van der Waals surface area contributed by atoms with E-state index in [0.717, 1.165) is 0 Å². The van der Waals surface area contributed by atoms with Crippen molar-refractivity contribution in [2.75, 3.05) is 6.61 Å². The number of aliphatic carboxylic acids is 2. The zero-order chi connectivity index (χ0) is 19.2. The fraction of sp³-hybridized carbons (Fsp3) is 0.176. The van der Waals surface area contributed by atoms with Gasteiger partial charge in [0.25, 0.3) is 0 Å². The predicted octanol–water partition coefficient (Wildman–Crippen LogP) is 1.12. The summed E-state index contributed by atoms with van der Waals surface area (Å²) in [4.78, 5) is 21.9. The van der Waals surface area contributed by atoms with Gasteiger partial charge in [-0.2, -0.15) is 4.72 Å². The lowest BCUT2D eigenvalue weighted by Gasteiger charge is -2.15. The monoisotopic (exact) mass is 379 g/mol. The predicted molar refractivity (Wildman–Crippen MR) is 91.5 cm³/mol. The molecule has 9 heteroatoms. The van der Waals surface area contributed by atoms with Crippen LogP contribution >= 0.6 is 0 Å². The Morgan fingerprint density at radius 1 is 1.00 bits per heavy atom. The molecule has 0 aliphatic carbocycles. The van der Waals surface area contributed by atoms with E-state index in [1.165, 1.54) is 24.3 Å². The maximum atomic E-state index is 12.3. The maximum absolute atomic E-state index is 12.3. The van der Waals surface area contributed by atoms with Crippen LogP contribution in [-0.2, 0) is 26.0 Å². The minimum Gasteiger partial charge on any atom is -0.482 e. The Balaban J connectivity index is 2.09. The van der Waals surface area contributed by atoms with Crippen molar-refractivity contribution in [3.8, 4) is 5.75 Å². The van der Waals surface area contributed by atoms with E-state index in [-0.39, 0.29) is 11.3 Å². The molecule has 0 aliphatic heterocycles. The molecule has 2 aromatic rings. The highest BCUT2D eigenvalue weighted by atomic mass is 32.2. The van der Waals surface area contributed by atoms with Gasteiger partial charge >= 0.3 is 11.9 Å². The van der Waals surface area contributed by atoms with Crippen LogP contribution < -0.4 is 9.46 Å². The third-order valence-electron chi connectivity index (χ3n) is 3.37. The zero-order valence-electron chi connectivity index (χ0n) is 13.5. The minimum absolute atomic E-state index is 0.0244. The SMILES string of the molecule is O=C(O)COc1ccc(CC(NS(=O)(=O)c2ccccc2)C(=O)O)cc1. The number of carboxylic acid groups (broad SMARTS) is 2. The lowest BCUT2D eigenvalue weighted by atomic mass is 10.1. The summed E-state index contributed by atoms with van der Waals surface area (Å²) in [5, 5.41) is 17.9. The van der Waals surface area contributed by atoms with Crippen LogP contribution in [0, 0.1) is 0 Å². The molecule has 8 nitrogen and oxygen atoms in total. The van der Waals surface area contributed by atoms with Gasteiger partial charge in [-0.1, -0.05) is 30.3 Å². The Hall–Kier alpha value is -2.91. The van der Waals surface area contributed by atoms with Crippen molar-refractivity contribution in [3.63, 3.8) is 0 Å². The molecule has 0 radical (unpaired) electrons. The first kappa shape index (κ1) is 19.4. The molecule has 0 spiro atoms. The van der Waals surface area contributed by atoms with Crippen molar-refractivity contribution in [1.82, 2.24) is 4.72 Å². The molecule has 2 rings (SSSR count). The molecule has 3 N–H and O–H groups in total. The van der Waals surface area contributed by atoms with Gasteiger partial charge in [0.2, 0.25) is 10.0 Å². The number of rotatable bonds is 9. The first-order valence-corrected chi connectivity index (χ1v) is 9.00. The Kier molecular flexibility index (Phi) is 6.31. The first-order valence-electron chi connectivity index (χ1n) is 7.51. The van der Waals surface area contributed by atoms with Crippen LogP contribution in [0.1, 0.15) is 5.56 Å².